The van der Waals surface area contributed by atoms with E-state index < -0.39 is 0 Å². The summed E-state index contributed by atoms with van der Waals surface area (Å²) >= 11 is 0. The number of piperidine rings is 1. The molecular weight excluding hydrogens is 258 g/mol. The average Bonchev–Trinajstić information content (AvgIpc) is 2.44. The molecule has 1 aliphatic heterocycles. The molecular formula is C15H17NO4. The summed E-state index contributed by atoms with van der Waals surface area (Å²) in [6, 6.07) is 6.86. The van der Waals surface area contributed by atoms with Crippen molar-refractivity contribution in [3.05, 3.63) is 29.8 Å². The minimum atomic E-state index is -0.280. The molecule has 1 aliphatic rings. The molecule has 106 valence electrons. The van der Waals surface area contributed by atoms with E-state index in [4.69, 9.17) is 4.74 Å². The maximum atomic E-state index is 12.3. The number of carbonyl (C=O) groups excluding carboxylic acids is 3. The molecule has 1 fully saturated rings. The van der Waals surface area contributed by atoms with Crippen LogP contribution in [0.1, 0.15) is 36.5 Å². The van der Waals surface area contributed by atoms with Crippen molar-refractivity contribution >= 4 is 17.6 Å². The van der Waals surface area contributed by atoms with Gasteiger partial charge in [0.05, 0.1) is 18.7 Å². The van der Waals surface area contributed by atoms with Crippen LogP contribution in [0.15, 0.2) is 24.3 Å². The summed E-state index contributed by atoms with van der Waals surface area (Å²) in [4.78, 5) is 36.7. The first kappa shape index (κ1) is 14.2. The van der Waals surface area contributed by atoms with Crippen LogP contribution in [0.4, 0.5) is 0 Å². The van der Waals surface area contributed by atoms with E-state index in [1.54, 1.807) is 24.3 Å². The van der Waals surface area contributed by atoms with Gasteiger partial charge >= 0.3 is 0 Å². The third kappa shape index (κ3) is 3.04. The lowest BCUT2D eigenvalue weighted by Gasteiger charge is -2.24. The first-order valence-electron chi connectivity index (χ1n) is 6.71. The summed E-state index contributed by atoms with van der Waals surface area (Å²) in [5.41, 5.74) is 0.403. The number of carbonyl (C=O) groups is 3. The summed E-state index contributed by atoms with van der Waals surface area (Å²) in [5, 5.41) is 0. The normalized spacial score (nSPS) is 15.3. The Morgan fingerprint density at radius 1 is 1.20 bits per heavy atom. The van der Waals surface area contributed by atoms with Crippen molar-refractivity contribution in [2.24, 2.45) is 0 Å². The van der Waals surface area contributed by atoms with E-state index in [0.29, 0.717) is 37.2 Å². The Morgan fingerprint density at radius 3 is 2.50 bits per heavy atom. The van der Waals surface area contributed by atoms with Crippen molar-refractivity contribution in [1.82, 2.24) is 4.90 Å². The number of para-hydroxylation sites is 1. The summed E-state index contributed by atoms with van der Waals surface area (Å²) in [6.45, 7) is 2.08. The Balaban J connectivity index is 2.15. The number of ether oxygens (including phenoxy) is 1. The largest absolute Gasteiger partial charge is 0.493 e. The Bertz CT molecular complexity index is 522. The second-order valence-corrected chi connectivity index (χ2v) is 4.58. The van der Waals surface area contributed by atoms with E-state index in [1.807, 2.05) is 6.92 Å². The lowest BCUT2D eigenvalue weighted by atomic mass is 10.1. The number of Topliss-reactive ketones (excluding diaryl/α,β-unsaturated/α-hetero) is 1. The molecule has 1 aromatic carbocycles. The number of hydrogen-bond donors (Lipinski definition) is 0. The van der Waals surface area contributed by atoms with E-state index >= 15 is 0 Å². The molecule has 20 heavy (non-hydrogen) atoms. The monoisotopic (exact) mass is 275 g/mol. The fourth-order valence-electron chi connectivity index (χ4n) is 2.18. The second-order valence-electron chi connectivity index (χ2n) is 4.58. The lowest BCUT2D eigenvalue weighted by Crippen LogP contribution is -2.43. The van der Waals surface area contributed by atoms with Crippen LogP contribution in [-0.4, -0.2) is 35.6 Å². The molecule has 5 heteroatoms. The smallest absolute Gasteiger partial charge is 0.229 e. The minimum absolute atomic E-state index is 0.207. The van der Waals surface area contributed by atoms with Crippen LogP contribution in [0.25, 0.3) is 0 Å². The van der Waals surface area contributed by atoms with Crippen LogP contribution in [0.5, 0.6) is 5.75 Å². The van der Waals surface area contributed by atoms with E-state index in [9.17, 15) is 14.4 Å². The van der Waals surface area contributed by atoms with Crippen LogP contribution in [0, 0.1) is 0 Å². The molecule has 1 saturated heterocycles. The fraction of sp³-hybridized carbons (Fsp3) is 0.400. The highest BCUT2D eigenvalue weighted by Crippen LogP contribution is 2.20. The first-order chi connectivity index (χ1) is 9.63. The van der Waals surface area contributed by atoms with Gasteiger partial charge in [-0.15, -0.1) is 0 Å². The molecule has 0 unspecified atom stereocenters. The van der Waals surface area contributed by atoms with Gasteiger partial charge in [0.1, 0.15) is 5.75 Å². The Labute approximate surface area is 117 Å². The quantitative estimate of drug-likeness (QED) is 0.607. The van der Waals surface area contributed by atoms with Crippen molar-refractivity contribution < 1.29 is 19.1 Å². The topological polar surface area (TPSA) is 63.7 Å². The molecule has 0 atom stereocenters. The Kier molecular flexibility index (Phi) is 4.50. The van der Waals surface area contributed by atoms with Gasteiger partial charge in [-0.1, -0.05) is 12.1 Å². The van der Waals surface area contributed by atoms with Gasteiger partial charge < -0.3 is 4.74 Å². The number of amides is 2. The van der Waals surface area contributed by atoms with Crippen LogP contribution >= 0.6 is 0 Å². The summed E-state index contributed by atoms with van der Waals surface area (Å²) in [6.07, 6.45) is 1.22. The molecule has 2 rings (SSSR count). The zero-order chi connectivity index (χ0) is 14.5. The SMILES string of the molecule is CCOc1ccccc1C(=O)CN1C(=O)CCCC1=O. The highest BCUT2D eigenvalue weighted by atomic mass is 16.5. The maximum Gasteiger partial charge on any atom is 0.229 e. The zero-order valence-electron chi connectivity index (χ0n) is 11.4. The van der Waals surface area contributed by atoms with Crippen LogP contribution in [0.3, 0.4) is 0 Å². The van der Waals surface area contributed by atoms with Crippen molar-refractivity contribution in [2.75, 3.05) is 13.2 Å². The predicted molar refractivity (Wildman–Crippen MR) is 72.5 cm³/mol. The maximum absolute atomic E-state index is 12.3. The van der Waals surface area contributed by atoms with Crippen molar-refractivity contribution in [3.63, 3.8) is 0 Å². The standard InChI is InChI=1S/C15H17NO4/c1-2-20-13-7-4-3-6-11(13)12(17)10-16-14(18)8-5-9-15(16)19/h3-4,6-7H,2,5,8-10H2,1H3. The highest BCUT2D eigenvalue weighted by molar-refractivity contribution is 6.06. The third-order valence-corrected chi connectivity index (χ3v) is 3.17. The number of imide groups is 1. The third-order valence-electron chi connectivity index (χ3n) is 3.17. The number of rotatable bonds is 5. The fourth-order valence-corrected chi connectivity index (χ4v) is 2.18. The zero-order valence-corrected chi connectivity index (χ0v) is 11.4. The molecule has 0 aromatic heterocycles. The van der Waals surface area contributed by atoms with E-state index in [-0.39, 0.29) is 24.1 Å². The van der Waals surface area contributed by atoms with E-state index in [2.05, 4.69) is 0 Å². The van der Waals surface area contributed by atoms with Gasteiger partial charge in [-0.05, 0) is 25.5 Å². The lowest BCUT2D eigenvalue weighted by molar-refractivity contribution is -0.147. The molecule has 5 nitrogen and oxygen atoms in total. The van der Waals surface area contributed by atoms with Gasteiger partial charge in [0.2, 0.25) is 11.8 Å². The summed E-state index contributed by atoms with van der Waals surface area (Å²) in [5.74, 6) is -0.346. The number of nitrogens with zero attached hydrogens (tertiary/aromatic N) is 1. The van der Waals surface area contributed by atoms with Crippen molar-refractivity contribution in [3.8, 4) is 5.75 Å². The average molecular weight is 275 g/mol. The molecule has 0 spiro atoms. The van der Waals surface area contributed by atoms with Gasteiger partial charge in [0.25, 0.3) is 0 Å². The van der Waals surface area contributed by atoms with Gasteiger partial charge in [0, 0.05) is 12.8 Å². The van der Waals surface area contributed by atoms with Gasteiger partial charge in [0.15, 0.2) is 5.78 Å². The van der Waals surface area contributed by atoms with Gasteiger partial charge in [-0.2, -0.15) is 0 Å². The molecule has 0 aliphatic carbocycles. The number of ketones is 1. The van der Waals surface area contributed by atoms with Crippen molar-refractivity contribution in [1.29, 1.82) is 0 Å². The second kappa shape index (κ2) is 6.32. The predicted octanol–water partition coefficient (Wildman–Crippen LogP) is 1.81. The van der Waals surface area contributed by atoms with Crippen molar-refractivity contribution in [2.45, 2.75) is 26.2 Å². The molecule has 0 saturated carbocycles. The Hall–Kier alpha value is -2.17. The Morgan fingerprint density at radius 2 is 1.85 bits per heavy atom. The molecule has 1 aromatic rings. The van der Waals surface area contributed by atoms with Crippen LogP contribution in [0.2, 0.25) is 0 Å². The van der Waals surface area contributed by atoms with Crippen LogP contribution < -0.4 is 4.74 Å². The minimum Gasteiger partial charge on any atom is -0.493 e. The molecule has 0 radical (unpaired) electrons. The summed E-state index contributed by atoms with van der Waals surface area (Å²) < 4.78 is 5.39. The number of likely N-dealkylation sites (tertiary alicyclic amines) is 1. The number of hydrogen-bond acceptors (Lipinski definition) is 4. The van der Waals surface area contributed by atoms with Gasteiger partial charge in [-0.3, -0.25) is 19.3 Å². The summed E-state index contributed by atoms with van der Waals surface area (Å²) in [7, 11) is 0. The van der Waals surface area contributed by atoms with Gasteiger partial charge in [-0.25, -0.2) is 0 Å². The molecule has 2 amide bonds. The van der Waals surface area contributed by atoms with E-state index in [0.717, 1.165) is 4.90 Å². The highest BCUT2D eigenvalue weighted by Gasteiger charge is 2.28. The number of benzene rings is 1. The van der Waals surface area contributed by atoms with E-state index in [1.165, 1.54) is 0 Å². The van der Waals surface area contributed by atoms with Crippen LogP contribution in [-0.2, 0) is 9.59 Å². The molecule has 0 bridgehead atoms. The molecule has 1 heterocycles. The molecule has 0 N–H and O–H groups in total. The first-order valence-corrected chi connectivity index (χ1v) is 6.71.